The number of aromatic nitrogens is 2. The summed E-state index contributed by atoms with van der Waals surface area (Å²) in [5.74, 6) is 0.759. The normalized spacial score (nSPS) is 12.4. The summed E-state index contributed by atoms with van der Waals surface area (Å²) >= 11 is 3.47. The van der Waals surface area contributed by atoms with Gasteiger partial charge < -0.3 is 19.8 Å². The highest BCUT2D eigenvalue weighted by atomic mass is 127. The molecular formula is C21H27BrIN5O. The molecular weight excluding hydrogens is 545 g/mol. The van der Waals surface area contributed by atoms with Crippen LogP contribution in [0.4, 0.5) is 0 Å². The Balaban J connectivity index is 0.00000300. The SMILES string of the molecule is CN=C(NCCCOC(C)c1ccccc1)NCc1cn2cc(Br)ccc2n1.I. The summed E-state index contributed by atoms with van der Waals surface area (Å²) in [6.07, 6.45) is 5.02. The van der Waals surface area contributed by atoms with E-state index in [1.807, 2.05) is 47.1 Å². The van der Waals surface area contributed by atoms with Crippen molar-refractivity contribution in [1.29, 1.82) is 0 Å². The summed E-state index contributed by atoms with van der Waals surface area (Å²) in [5.41, 5.74) is 3.08. The lowest BCUT2D eigenvalue weighted by Crippen LogP contribution is -2.37. The molecule has 8 heteroatoms. The fourth-order valence-corrected chi connectivity index (χ4v) is 3.21. The Kier molecular flexibility index (Phi) is 9.89. The minimum atomic E-state index is 0. The number of imidazole rings is 1. The fraction of sp³-hybridized carbons (Fsp3) is 0.333. The van der Waals surface area contributed by atoms with Gasteiger partial charge in [-0.15, -0.1) is 24.0 Å². The van der Waals surface area contributed by atoms with Crippen molar-refractivity contribution >= 4 is 51.5 Å². The number of benzene rings is 1. The van der Waals surface area contributed by atoms with Crippen LogP contribution in [0.5, 0.6) is 0 Å². The molecule has 6 nitrogen and oxygen atoms in total. The Morgan fingerprint density at radius 2 is 1.97 bits per heavy atom. The second-order valence-electron chi connectivity index (χ2n) is 6.47. The van der Waals surface area contributed by atoms with Crippen LogP contribution in [0.2, 0.25) is 0 Å². The zero-order chi connectivity index (χ0) is 19.8. The number of hydrogen-bond donors (Lipinski definition) is 2. The first kappa shape index (κ1) is 23.6. The molecule has 1 atom stereocenters. The molecule has 3 rings (SSSR count). The molecule has 2 aromatic heterocycles. The molecule has 2 heterocycles. The van der Waals surface area contributed by atoms with Gasteiger partial charge in [-0.05, 0) is 47.0 Å². The first-order chi connectivity index (χ1) is 13.7. The molecule has 0 bridgehead atoms. The first-order valence-electron chi connectivity index (χ1n) is 9.40. The molecule has 0 amide bonds. The van der Waals surface area contributed by atoms with Gasteiger partial charge in [0.25, 0.3) is 0 Å². The van der Waals surface area contributed by atoms with Gasteiger partial charge in [0, 0.05) is 37.1 Å². The van der Waals surface area contributed by atoms with Gasteiger partial charge >= 0.3 is 0 Å². The van der Waals surface area contributed by atoms with E-state index in [1.54, 1.807) is 7.05 Å². The third-order valence-corrected chi connectivity index (χ3v) is 4.84. The molecule has 0 saturated heterocycles. The lowest BCUT2D eigenvalue weighted by molar-refractivity contribution is 0.0646. The summed E-state index contributed by atoms with van der Waals surface area (Å²) in [6, 6.07) is 14.2. The van der Waals surface area contributed by atoms with Crippen molar-refractivity contribution in [2.24, 2.45) is 4.99 Å². The molecule has 0 fully saturated rings. The summed E-state index contributed by atoms with van der Waals surface area (Å²) in [6.45, 7) is 4.18. The standard InChI is InChI=1S/C21H26BrN5O.HI/c1-16(17-7-4-3-5-8-17)28-12-6-11-24-21(23-2)25-13-19-15-27-14-18(22)9-10-20(27)26-19;/h3-5,7-10,14-16H,6,11-13H2,1-2H3,(H2,23,24,25);1H. The summed E-state index contributed by atoms with van der Waals surface area (Å²) < 4.78 is 8.93. The minimum Gasteiger partial charge on any atom is -0.374 e. The van der Waals surface area contributed by atoms with Crippen LogP contribution in [0.1, 0.15) is 30.7 Å². The van der Waals surface area contributed by atoms with Crippen LogP contribution >= 0.6 is 39.9 Å². The van der Waals surface area contributed by atoms with Gasteiger partial charge in [-0.3, -0.25) is 4.99 Å². The summed E-state index contributed by atoms with van der Waals surface area (Å²) in [5, 5.41) is 6.61. The van der Waals surface area contributed by atoms with Crippen LogP contribution in [0, 0.1) is 0 Å². The maximum atomic E-state index is 5.90. The van der Waals surface area contributed by atoms with Gasteiger partial charge in [0.2, 0.25) is 0 Å². The zero-order valence-corrected chi connectivity index (χ0v) is 20.6. The molecule has 2 N–H and O–H groups in total. The van der Waals surface area contributed by atoms with Crippen LogP contribution in [-0.4, -0.2) is 35.5 Å². The average Bonchev–Trinajstić information content (AvgIpc) is 3.12. The Morgan fingerprint density at radius 3 is 2.72 bits per heavy atom. The second-order valence-corrected chi connectivity index (χ2v) is 7.39. The molecule has 3 aromatic rings. The molecule has 156 valence electrons. The number of ether oxygens (including phenoxy) is 1. The van der Waals surface area contributed by atoms with Gasteiger partial charge in [-0.25, -0.2) is 4.98 Å². The first-order valence-corrected chi connectivity index (χ1v) is 10.2. The van der Waals surface area contributed by atoms with Crippen LogP contribution < -0.4 is 10.6 Å². The number of pyridine rings is 1. The zero-order valence-electron chi connectivity index (χ0n) is 16.6. The highest BCUT2D eigenvalue weighted by Gasteiger charge is 2.05. The topological polar surface area (TPSA) is 63.0 Å². The third-order valence-electron chi connectivity index (χ3n) is 4.38. The Hall–Kier alpha value is -1.65. The van der Waals surface area contributed by atoms with Gasteiger partial charge in [0.1, 0.15) is 5.65 Å². The maximum absolute atomic E-state index is 5.90. The van der Waals surface area contributed by atoms with E-state index in [2.05, 4.69) is 55.6 Å². The second kappa shape index (κ2) is 12.1. The van der Waals surface area contributed by atoms with E-state index in [1.165, 1.54) is 5.56 Å². The van der Waals surface area contributed by atoms with Crippen LogP contribution in [0.25, 0.3) is 5.65 Å². The predicted molar refractivity (Wildman–Crippen MR) is 132 cm³/mol. The number of fused-ring (bicyclic) bond motifs is 1. The number of guanidine groups is 1. The maximum Gasteiger partial charge on any atom is 0.191 e. The van der Waals surface area contributed by atoms with E-state index in [0.29, 0.717) is 13.2 Å². The van der Waals surface area contributed by atoms with E-state index in [0.717, 1.165) is 34.7 Å². The van der Waals surface area contributed by atoms with E-state index in [9.17, 15) is 0 Å². The quantitative estimate of drug-likeness (QED) is 0.180. The molecule has 0 spiro atoms. The summed E-state index contributed by atoms with van der Waals surface area (Å²) in [7, 11) is 1.77. The van der Waals surface area contributed by atoms with Gasteiger partial charge in [-0.1, -0.05) is 30.3 Å². The highest BCUT2D eigenvalue weighted by molar-refractivity contribution is 14.0. The van der Waals surface area contributed by atoms with Crippen molar-refractivity contribution in [2.45, 2.75) is 26.0 Å². The largest absolute Gasteiger partial charge is 0.374 e. The third kappa shape index (κ3) is 7.27. The Labute approximate surface area is 197 Å². The van der Waals surface area contributed by atoms with E-state index < -0.39 is 0 Å². The number of hydrogen-bond acceptors (Lipinski definition) is 3. The number of aliphatic imine (C=N–C) groups is 1. The molecule has 0 aliphatic carbocycles. The van der Waals surface area contributed by atoms with Crippen molar-refractivity contribution < 1.29 is 4.74 Å². The average molecular weight is 572 g/mol. The van der Waals surface area contributed by atoms with Gasteiger partial charge in [0.05, 0.1) is 18.3 Å². The van der Waals surface area contributed by atoms with Gasteiger partial charge in [0.15, 0.2) is 5.96 Å². The van der Waals surface area contributed by atoms with E-state index >= 15 is 0 Å². The molecule has 0 aliphatic heterocycles. The predicted octanol–water partition coefficient (Wildman–Crippen LogP) is 4.55. The van der Waals surface area contributed by atoms with Crippen LogP contribution in [0.15, 0.2) is 64.3 Å². The lowest BCUT2D eigenvalue weighted by Gasteiger charge is -2.14. The van der Waals surface area contributed by atoms with Gasteiger partial charge in [-0.2, -0.15) is 0 Å². The minimum absolute atomic E-state index is 0. The monoisotopic (exact) mass is 571 g/mol. The summed E-state index contributed by atoms with van der Waals surface area (Å²) in [4.78, 5) is 8.86. The van der Waals surface area contributed by atoms with Crippen molar-refractivity contribution in [2.75, 3.05) is 20.2 Å². The molecule has 0 aliphatic rings. The van der Waals surface area contributed by atoms with Crippen molar-refractivity contribution in [1.82, 2.24) is 20.0 Å². The Bertz CT molecular complexity index is 916. The highest BCUT2D eigenvalue weighted by Crippen LogP contribution is 2.15. The molecule has 0 radical (unpaired) electrons. The molecule has 1 aromatic carbocycles. The fourth-order valence-electron chi connectivity index (χ4n) is 2.86. The van der Waals surface area contributed by atoms with Crippen molar-refractivity contribution in [3.63, 3.8) is 0 Å². The lowest BCUT2D eigenvalue weighted by atomic mass is 10.1. The molecule has 0 saturated carbocycles. The number of nitrogens with one attached hydrogen (secondary N) is 2. The number of rotatable bonds is 8. The van der Waals surface area contributed by atoms with Crippen LogP contribution in [0.3, 0.4) is 0 Å². The van der Waals surface area contributed by atoms with Crippen molar-refractivity contribution in [3.05, 3.63) is 70.6 Å². The molecule has 1 unspecified atom stereocenters. The number of nitrogens with zero attached hydrogens (tertiary/aromatic N) is 3. The van der Waals surface area contributed by atoms with E-state index in [-0.39, 0.29) is 30.1 Å². The molecule has 29 heavy (non-hydrogen) atoms. The van der Waals surface area contributed by atoms with Crippen LogP contribution in [-0.2, 0) is 11.3 Å². The smallest absolute Gasteiger partial charge is 0.191 e. The Morgan fingerprint density at radius 1 is 1.17 bits per heavy atom. The van der Waals surface area contributed by atoms with E-state index in [4.69, 9.17) is 4.74 Å². The number of halogens is 2. The van der Waals surface area contributed by atoms with Crippen molar-refractivity contribution in [3.8, 4) is 0 Å².